The van der Waals surface area contributed by atoms with Crippen molar-refractivity contribution in [2.24, 2.45) is 0 Å². The Morgan fingerprint density at radius 2 is 1.56 bits per heavy atom. The molecule has 0 saturated carbocycles. The number of hydrogen-bond donors (Lipinski definition) is 2. The largest absolute Gasteiger partial charge is 0.490 e. The molecule has 1 amide bonds. The highest BCUT2D eigenvalue weighted by atomic mass is 16.5. The molecule has 7 heteroatoms. The van der Waals surface area contributed by atoms with Gasteiger partial charge in [-0.25, -0.2) is 0 Å². The summed E-state index contributed by atoms with van der Waals surface area (Å²) in [6.07, 6.45) is 0. The Hall–Kier alpha value is -3.48. The first-order valence-corrected chi connectivity index (χ1v) is 10.9. The first kappa shape index (κ1) is 23.2. The monoisotopic (exact) mass is 438 g/mol. The molecule has 0 fully saturated rings. The molecule has 0 spiro atoms. The van der Waals surface area contributed by atoms with E-state index in [0.29, 0.717) is 53.8 Å². The van der Waals surface area contributed by atoms with Crippen molar-refractivity contribution >= 4 is 22.5 Å². The van der Waals surface area contributed by atoms with Gasteiger partial charge in [-0.3, -0.25) is 9.59 Å². The molecule has 170 valence electrons. The molecule has 3 rings (SSSR count). The molecule has 0 aliphatic heterocycles. The summed E-state index contributed by atoms with van der Waals surface area (Å²) in [6, 6.07) is 10.4. The Morgan fingerprint density at radius 1 is 0.938 bits per heavy atom. The third-order valence-corrected chi connectivity index (χ3v) is 4.93. The molecule has 0 atom stereocenters. The summed E-state index contributed by atoms with van der Waals surface area (Å²) in [5.41, 5.74) is 2.43. The maximum Gasteiger partial charge on any atom is 0.255 e. The lowest BCUT2D eigenvalue weighted by atomic mass is 9.99. The molecule has 0 unspecified atom stereocenters. The quantitative estimate of drug-likeness (QED) is 0.485. The van der Waals surface area contributed by atoms with E-state index in [-0.39, 0.29) is 17.4 Å². The number of nitrogens with one attached hydrogen (secondary N) is 2. The fourth-order valence-electron chi connectivity index (χ4n) is 3.57. The van der Waals surface area contributed by atoms with Crippen molar-refractivity contribution in [1.82, 2.24) is 4.98 Å². The Kier molecular flexibility index (Phi) is 7.41. The number of carbonyl (C=O) groups is 1. The van der Waals surface area contributed by atoms with Crippen LogP contribution in [0.4, 0.5) is 5.69 Å². The minimum Gasteiger partial charge on any atom is -0.490 e. The van der Waals surface area contributed by atoms with E-state index in [4.69, 9.17) is 14.2 Å². The van der Waals surface area contributed by atoms with Crippen molar-refractivity contribution in [1.29, 1.82) is 0 Å². The highest BCUT2D eigenvalue weighted by Crippen LogP contribution is 2.39. The van der Waals surface area contributed by atoms with Crippen LogP contribution in [0, 0.1) is 0 Å². The van der Waals surface area contributed by atoms with Crippen molar-refractivity contribution < 1.29 is 19.0 Å². The van der Waals surface area contributed by atoms with Crippen molar-refractivity contribution in [2.45, 2.75) is 40.5 Å². The molecule has 2 aromatic carbocycles. The van der Waals surface area contributed by atoms with E-state index < -0.39 is 0 Å². The molecule has 2 N–H and O–H groups in total. The average molecular weight is 439 g/mol. The van der Waals surface area contributed by atoms with Gasteiger partial charge in [0.25, 0.3) is 5.91 Å². The summed E-state index contributed by atoms with van der Waals surface area (Å²) in [5.74, 6) is 1.27. The van der Waals surface area contributed by atoms with Crippen LogP contribution >= 0.6 is 0 Å². The van der Waals surface area contributed by atoms with E-state index in [1.165, 1.54) is 0 Å². The molecule has 0 aliphatic carbocycles. The molecule has 1 aromatic heterocycles. The maximum absolute atomic E-state index is 13.0. The van der Waals surface area contributed by atoms with Crippen LogP contribution < -0.4 is 25.1 Å². The van der Waals surface area contributed by atoms with Crippen molar-refractivity contribution in [3.05, 3.63) is 57.9 Å². The van der Waals surface area contributed by atoms with Gasteiger partial charge in [-0.15, -0.1) is 0 Å². The van der Waals surface area contributed by atoms with Crippen LogP contribution in [0.3, 0.4) is 0 Å². The lowest BCUT2D eigenvalue weighted by molar-refractivity contribution is 0.102. The summed E-state index contributed by atoms with van der Waals surface area (Å²) in [4.78, 5) is 28.0. The maximum atomic E-state index is 13.0. The number of rotatable bonds is 9. The molecule has 3 aromatic rings. The normalized spacial score (nSPS) is 10.9. The third-order valence-electron chi connectivity index (χ3n) is 4.93. The van der Waals surface area contributed by atoms with E-state index in [2.05, 4.69) is 10.3 Å². The molecular weight excluding hydrogens is 408 g/mol. The Labute approximate surface area is 187 Å². The average Bonchev–Trinajstić information content (AvgIpc) is 2.75. The number of amides is 1. The van der Waals surface area contributed by atoms with Gasteiger partial charge in [-0.05, 0) is 56.5 Å². The fraction of sp³-hybridized carbons (Fsp3) is 0.360. The number of ether oxygens (including phenoxy) is 3. The van der Waals surface area contributed by atoms with Crippen LogP contribution in [0.25, 0.3) is 10.9 Å². The first-order chi connectivity index (χ1) is 15.4. The zero-order valence-corrected chi connectivity index (χ0v) is 19.2. The van der Waals surface area contributed by atoms with Crippen LogP contribution in [0.1, 0.15) is 56.5 Å². The number of benzene rings is 2. The standard InChI is InChI=1S/C25H30N2O5/c1-6-30-21-11-16(12-22(31-7-2)24(21)32-8-3)25(29)26-17-9-10-18-19(15(4)5)14-23(28)27-20(18)13-17/h9-15H,6-8H2,1-5H3,(H,26,29)(H,27,28). The molecule has 7 nitrogen and oxygen atoms in total. The molecule has 0 radical (unpaired) electrons. The second-order valence-electron chi connectivity index (χ2n) is 7.56. The smallest absolute Gasteiger partial charge is 0.255 e. The van der Waals surface area contributed by atoms with Gasteiger partial charge in [-0.2, -0.15) is 0 Å². The van der Waals surface area contributed by atoms with E-state index in [0.717, 1.165) is 10.9 Å². The Morgan fingerprint density at radius 3 is 2.12 bits per heavy atom. The van der Waals surface area contributed by atoms with Crippen LogP contribution in [0.2, 0.25) is 0 Å². The van der Waals surface area contributed by atoms with Gasteiger partial charge >= 0.3 is 0 Å². The number of aromatic nitrogens is 1. The van der Waals surface area contributed by atoms with E-state index in [9.17, 15) is 9.59 Å². The van der Waals surface area contributed by atoms with Gasteiger partial charge in [-0.1, -0.05) is 19.9 Å². The SMILES string of the molecule is CCOc1cc(C(=O)Nc2ccc3c(C(C)C)cc(=O)[nH]c3c2)cc(OCC)c1OCC. The summed E-state index contributed by atoms with van der Waals surface area (Å²) < 4.78 is 17.1. The zero-order valence-electron chi connectivity index (χ0n) is 19.2. The lowest BCUT2D eigenvalue weighted by Gasteiger charge is -2.17. The molecule has 0 aliphatic rings. The number of fused-ring (bicyclic) bond motifs is 1. The van der Waals surface area contributed by atoms with Gasteiger partial charge in [0.2, 0.25) is 11.3 Å². The molecule has 0 saturated heterocycles. The number of pyridine rings is 1. The molecular formula is C25H30N2O5. The van der Waals surface area contributed by atoms with E-state index in [1.807, 2.05) is 46.8 Å². The Bertz CT molecular complexity index is 1140. The van der Waals surface area contributed by atoms with Crippen molar-refractivity contribution in [2.75, 3.05) is 25.1 Å². The number of carbonyl (C=O) groups excluding carboxylic acids is 1. The minimum absolute atomic E-state index is 0.168. The number of H-pyrrole nitrogens is 1. The molecule has 0 bridgehead atoms. The van der Waals surface area contributed by atoms with Gasteiger partial charge < -0.3 is 24.5 Å². The second-order valence-corrected chi connectivity index (χ2v) is 7.56. The second kappa shape index (κ2) is 10.2. The van der Waals surface area contributed by atoms with E-state index in [1.54, 1.807) is 24.3 Å². The highest BCUT2D eigenvalue weighted by Gasteiger charge is 2.19. The number of hydrogen-bond acceptors (Lipinski definition) is 5. The lowest BCUT2D eigenvalue weighted by Crippen LogP contribution is -2.14. The summed E-state index contributed by atoms with van der Waals surface area (Å²) >= 11 is 0. The van der Waals surface area contributed by atoms with Crippen LogP contribution in [-0.2, 0) is 0 Å². The van der Waals surface area contributed by atoms with Crippen LogP contribution in [0.5, 0.6) is 17.2 Å². The number of anilines is 1. The van der Waals surface area contributed by atoms with Gasteiger partial charge in [0.15, 0.2) is 11.5 Å². The van der Waals surface area contributed by atoms with Crippen molar-refractivity contribution in [3.63, 3.8) is 0 Å². The van der Waals surface area contributed by atoms with Crippen LogP contribution in [0.15, 0.2) is 41.2 Å². The fourth-order valence-corrected chi connectivity index (χ4v) is 3.57. The molecule has 1 heterocycles. The predicted molar refractivity (Wildman–Crippen MR) is 127 cm³/mol. The summed E-state index contributed by atoms with van der Waals surface area (Å²) in [5, 5.41) is 3.85. The molecule has 32 heavy (non-hydrogen) atoms. The minimum atomic E-state index is -0.323. The van der Waals surface area contributed by atoms with Gasteiger partial charge in [0, 0.05) is 22.7 Å². The summed E-state index contributed by atoms with van der Waals surface area (Å²) in [7, 11) is 0. The van der Waals surface area contributed by atoms with E-state index >= 15 is 0 Å². The Balaban J connectivity index is 1.97. The first-order valence-electron chi connectivity index (χ1n) is 10.9. The number of aromatic amines is 1. The third kappa shape index (κ3) is 5.04. The zero-order chi connectivity index (χ0) is 23.3. The summed E-state index contributed by atoms with van der Waals surface area (Å²) in [6.45, 7) is 11.0. The topological polar surface area (TPSA) is 89.7 Å². The van der Waals surface area contributed by atoms with Gasteiger partial charge in [0.1, 0.15) is 0 Å². The van der Waals surface area contributed by atoms with Gasteiger partial charge in [0.05, 0.1) is 25.3 Å². The highest BCUT2D eigenvalue weighted by molar-refractivity contribution is 6.06. The van der Waals surface area contributed by atoms with Crippen molar-refractivity contribution in [3.8, 4) is 17.2 Å². The predicted octanol–water partition coefficient (Wildman–Crippen LogP) is 5.10. The van der Waals surface area contributed by atoms with Crippen LogP contribution in [-0.4, -0.2) is 30.7 Å².